The van der Waals surface area contributed by atoms with E-state index >= 15 is 0 Å². The smallest absolute Gasteiger partial charge is 0.545 e. The second-order valence-corrected chi connectivity index (χ2v) is 20.2. The van der Waals surface area contributed by atoms with E-state index in [1.54, 1.807) is 0 Å². The summed E-state index contributed by atoms with van der Waals surface area (Å²) in [6, 6.07) is 0. The third-order valence-corrected chi connectivity index (χ3v) is 12.9. The minimum absolute atomic E-state index is 0. The van der Waals surface area contributed by atoms with Crippen LogP contribution in [0, 0.1) is 13.8 Å². The molecule has 0 aliphatic heterocycles. The average Bonchev–Trinajstić information content (AvgIpc) is 3.37. The predicted molar refractivity (Wildman–Crippen MR) is 311 cm³/mol. The zero-order valence-corrected chi connectivity index (χ0v) is 51.7. The molecule has 73 heavy (non-hydrogen) atoms. The SMILES string of the molecule is CCCCCCCCCCCCCCCCCCCCOC(=O)/C=C\C(=O)[O-].CCCCCCCCCCCCCCCCCCCCOC(=O)/C=C\C(=O)[O-].[CH2]CCCCCCC.[CH2]CCCCCCC.[Sn+2]. The summed E-state index contributed by atoms with van der Waals surface area (Å²) in [6.07, 6.45) is 66.7. The summed E-state index contributed by atoms with van der Waals surface area (Å²) in [7, 11) is 0. The van der Waals surface area contributed by atoms with Crippen LogP contribution in [0.3, 0.4) is 0 Å². The van der Waals surface area contributed by atoms with E-state index in [4.69, 9.17) is 9.47 Å². The summed E-state index contributed by atoms with van der Waals surface area (Å²) in [5, 5.41) is 20.3. The molecule has 0 amide bonds. The van der Waals surface area contributed by atoms with Crippen LogP contribution in [0.4, 0.5) is 0 Å². The topological polar surface area (TPSA) is 133 Å². The second kappa shape index (κ2) is 76.7. The molecule has 0 aliphatic rings. The molecule has 0 bridgehead atoms. The van der Waals surface area contributed by atoms with E-state index in [2.05, 4.69) is 41.5 Å². The van der Waals surface area contributed by atoms with Crippen LogP contribution in [0.2, 0.25) is 0 Å². The molecule has 0 aliphatic carbocycles. The van der Waals surface area contributed by atoms with Gasteiger partial charge in [-0.3, -0.25) is 0 Å². The van der Waals surface area contributed by atoms with Crippen molar-refractivity contribution in [3.05, 3.63) is 38.2 Å². The van der Waals surface area contributed by atoms with E-state index in [-0.39, 0.29) is 23.9 Å². The number of aliphatic carboxylic acids is 2. The van der Waals surface area contributed by atoms with Gasteiger partial charge in [0.1, 0.15) is 0 Å². The fourth-order valence-electron chi connectivity index (χ4n) is 8.28. The molecule has 4 radical (unpaired) electrons. The van der Waals surface area contributed by atoms with Gasteiger partial charge >= 0.3 is 35.8 Å². The number of hydrogen-bond donors (Lipinski definition) is 0. The first-order valence-electron chi connectivity index (χ1n) is 30.9. The molecule has 0 saturated heterocycles. The van der Waals surface area contributed by atoms with Gasteiger partial charge < -0.3 is 29.3 Å². The molecule has 428 valence electrons. The molecule has 0 unspecified atom stereocenters. The van der Waals surface area contributed by atoms with Gasteiger partial charge in [-0.1, -0.05) is 337 Å². The summed E-state index contributed by atoms with van der Waals surface area (Å²) in [5.41, 5.74) is 0. The quantitative estimate of drug-likeness (QED) is 0.0254. The van der Waals surface area contributed by atoms with Crippen LogP contribution in [0.5, 0.6) is 0 Å². The van der Waals surface area contributed by atoms with E-state index in [1.807, 2.05) is 0 Å². The molecule has 0 N–H and O–H groups in total. The van der Waals surface area contributed by atoms with Crippen molar-refractivity contribution in [2.24, 2.45) is 0 Å². The number of carboxylic acid groups (broad SMARTS) is 2. The first-order valence-corrected chi connectivity index (χ1v) is 30.9. The van der Waals surface area contributed by atoms with Gasteiger partial charge in [-0.15, -0.1) is 0 Å². The normalized spacial score (nSPS) is 10.7. The number of hydrogen-bond acceptors (Lipinski definition) is 8. The van der Waals surface area contributed by atoms with Gasteiger partial charge in [0, 0.05) is 12.2 Å². The van der Waals surface area contributed by atoms with Gasteiger partial charge in [-0.05, 0) is 25.0 Å². The molecule has 8 nitrogen and oxygen atoms in total. The molecular formula is C64H120O8Sn. The van der Waals surface area contributed by atoms with Crippen LogP contribution in [0.15, 0.2) is 24.3 Å². The van der Waals surface area contributed by atoms with Crippen LogP contribution < -0.4 is 10.2 Å². The minimum atomic E-state index is -1.38. The van der Waals surface area contributed by atoms with Crippen molar-refractivity contribution < 1.29 is 38.9 Å². The Morgan fingerprint density at radius 2 is 0.452 bits per heavy atom. The Hall–Kier alpha value is -1.84. The molecule has 0 atom stereocenters. The van der Waals surface area contributed by atoms with Crippen LogP contribution in [0.25, 0.3) is 0 Å². The molecule has 9 heteroatoms. The van der Waals surface area contributed by atoms with Crippen molar-refractivity contribution >= 4 is 47.8 Å². The van der Waals surface area contributed by atoms with Crippen molar-refractivity contribution in [3.63, 3.8) is 0 Å². The molecule has 0 heterocycles. The van der Waals surface area contributed by atoms with Gasteiger partial charge in [0.25, 0.3) is 0 Å². The van der Waals surface area contributed by atoms with E-state index in [9.17, 15) is 29.4 Å². The molecule has 0 spiro atoms. The Kier molecular flexibility index (Phi) is 84.0. The van der Waals surface area contributed by atoms with Crippen molar-refractivity contribution in [3.8, 4) is 0 Å². The number of carboxylic acids is 2. The van der Waals surface area contributed by atoms with Gasteiger partial charge in [0.2, 0.25) is 0 Å². The molecular weight excluding hydrogens is 1020 g/mol. The summed E-state index contributed by atoms with van der Waals surface area (Å²) < 4.78 is 9.81. The summed E-state index contributed by atoms with van der Waals surface area (Å²) in [5.74, 6) is -4.00. The number of esters is 2. The predicted octanol–water partition coefficient (Wildman–Crippen LogP) is 17.7. The van der Waals surface area contributed by atoms with Crippen molar-refractivity contribution in [1.29, 1.82) is 0 Å². The third kappa shape index (κ3) is 90.1. The monoisotopic (exact) mass is 1140 g/mol. The molecule has 0 rings (SSSR count). The first-order chi connectivity index (χ1) is 35.2. The maximum atomic E-state index is 11.1. The maximum absolute atomic E-state index is 11.1. The number of carbonyl (C=O) groups excluding carboxylic acids is 4. The van der Waals surface area contributed by atoms with Crippen molar-refractivity contribution in [2.45, 2.75) is 336 Å². The fourth-order valence-corrected chi connectivity index (χ4v) is 8.28. The number of carbonyl (C=O) groups is 4. The van der Waals surface area contributed by atoms with Crippen LogP contribution >= 0.6 is 0 Å². The molecule has 0 saturated carbocycles. The van der Waals surface area contributed by atoms with Gasteiger partial charge in [0.15, 0.2) is 0 Å². The number of rotatable bonds is 52. The Morgan fingerprint density at radius 1 is 0.288 bits per heavy atom. The van der Waals surface area contributed by atoms with Crippen LogP contribution in [0.1, 0.15) is 336 Å². The van der Waals surface area contributed by atoms with E-state index in [0.29, 0.717) is 25.4 Å². The molecule has 0 fully saturated rings. The van der Waals surface area contributed by atoms with Gasteiger partial charge in [-0.25, -0.2) is 9.59 Å². The zero-order valence-electron chi connectivity index (χ0n) is 48.8. The average molecular weight is 1140 g/mol. The van der Waals surface area contributed by atoms with Crippen molar-refractivity contribution in [2.75, 3.05) is 13.2 Å². The number of unbranched alkanes of at least 4 members (excludes halogenated alkanes) is 44. The fraction of sp³-hybridized carbons (Fsp3) is 0.844. The van der Waals surface area contributed by atoms with Gasteiger partial charge in [0.05, 0.1) is 25.2 Å². The second-order valence-electron chi connectivity index (χ2n) is 20.2. The van der Waals surface area contributed by atoms with Crippen molar-refractivity contribution in [1.82, 2.24) is 0 Å². The number of ether oxygens (including phenoxy) is 2. The Bertz CT molecular complexity index is 1030. The third-order valence-electron chi connectivity index (χ3n) is 12.9. The molecule has 0 aromatic heterocycles. The Balaban J connectivity index is -0.000000321. The first kappa shape index (κ1) is 80.0. The standard InChI is InChI=1S/2C24H44O4.2C8H17.Sn/c2*1-2-3-4-5-6-7-8-9-10-11-12-13-14-15-16-17-18-19-22-28-24(27)21-20-23(25)26;2*1-3-5-7-8-6-4-2;/h2*20-21H,2-19,22H2,1H3,(H,25,26);2*1,3-8H2,2H3;/q;;;;+2/p-2/b2*21-20-;;;. The van der Waals surface area contributed by atoms with E-state index in [0.717, 1.165) is 50.7 Å². The summed E-state index contributed by atoms with van der Waals surface area (Å²) >= 11 is 0. The maximum Gasteiger partial charge on any atom is 2.00 e. The van der Waals surface area contributed by atoms with Crippen LogP contribution in [-0.4, -0.2) is 61.0 Å². The van der Waals surface area contributed by atoms with E-state index in [1.165, 1.54) is 270 Å². The summed E-state index contributed by atoms with van der Waals surface area (Å²) in [6.45, 7) is 17.3. The largest absolute Gasteiger partial charge is 2.00 e. The Morgan fingerprint density at radius 3 is 0.616 bits per heavy atom. The minimum Gasteiger partial charge on any atom is -0.545 e. The zero-order chi connectivity index (χ0) is 53.9. The summed E-state index contributed by atoms with van der Waals surface area (Å²) in [4.78, 5) is 42.6. The van der Waals surface area contributed by atoms with E-state index < -0.39 is 23.9 Å². The Labute approximate surface area is 471 Å². The van der Waals surface area contributed by atoms with Gasteiger partial charge in [-0.2, -0.15) is 0 Å². The molecule has 0 aromatic rings. The van der Waals surface area contributed by atoms with Crippen LogP contribution in [-0.2, 0) is 28.7 Å². The molecule has 0 aromatic carbocycles.